The Morgan fingerprint density at radius 3 is 2.81 bits per heavy atom. The number of oxazole rings is 1. The zero-order valence-electron chi connectivity index (χ0n) is 12.2. The zero-order chi connectivity index (χ0) is 14.5. The average molecular weight is 286 g/mol. The Kier molecular flexibility index (Phi) is 4.68. The van der Waals surface area contributed by atoms with Crippen molar-refractivity contribution in [3.63, 3.8) is 0 Å². The lowest BCUT2D eigenvalue weighted by Gasteiger charge is -2.30. The molecule has 4 nitrogen and oxygen atoms in total. The van der Waals surface area contributed by atoms with Crippen molar-refractivity contribution in [3.8, 4) is 11.5 Å². The fourth-order valence-electron chi connectivity index (χ4n) is 3.03. The molecule has 2 aromatic rings. The second-order valence-corrected chi connectivity index (χ2v) is 5.72. The van der Waals surface area contributed by atoms with Crippen molar-refractivity contribution in [2.24, 2.45) is 5.92 Å². The van der Waals surface area contributed by atoms with E-state index in [1.807, 2.05) is 30.3 Å². The largest absolute Gasteiger partial charge is 0.444 e. The fourth-order valence-corrected chi connectivity index (χ4v) is 3.03. The maximum atomic E-state index is 9.44. The molecule has 0 saturated heterocycles. The Hall–Kier alpha value is -1.65. The second kappa shape index (κ2) is 6.87. The summed E-state index contributed by atoms with van der Waals surface area (Å²) in [5, 5.41) is 13.0. The summed E-state index contributed by atoms with van der Waals surface area (Å²) in [5.41, 5.74) is 1.91. The Balaban J connectivity index is 1.60. The molecule has 1 aromatic carbocycles. The Morgan fingerprint density at radius 2 is 2.00 bits per heavy atom. The highest BCUT2D eigenvalue weighted by Crippen LogP contribution is 2.24. The number of rotatable bonds is 5. The summed E-state index contributed by atoms with van der Waals surface area (Å²) in [5.74, 6) is 1.04. The van der Waals surface area contributed by atoms with Gasteiger partial charge in [0.15, 0.2) is 0 Å². The van der Waals surface area contributed by atoms with Crippen molar-refractivity contribution in [2.45, 2.75) is 38.3 Å². The number of aromatic nitrogens is 1. The van der Waals surface area contributed by atoms with Crippen LogP contribution in [0.25, 0.3) is 11.5 Å². The Labute approximate surface area is 125 Å². The molecule has 4 heteroatoms. The van der Waals surface area contributed by atoms with Crippen molar-refractivity contribution >= 4 is 0 Å². The van der Waals surface area contributed by atoms with Gasteiger partial charge in [-0.2, -0.15) is 0 Å². The van der Waals surface area contributed by atoms with Crippen LogP contribution in [0, 0.1) is 5.92 Å². The van der Waals surface area contributed by atoms with E-state index >= 15 is 0 Å². The van der Waals surface area contributed by atoms with E-state index in [1.165, 1.54) is 12.8 Å². The summed E-state index contributed by atoms with van der Waals surface area (Å²) < 4.78 is 5.54. The number of nitrogens with zero attached hydrogens (tertiary/aromatic N) is 1. The van der Waals surface area contributed by atoms with Crippen LogP contribution in [0.3, 0.4) is 0 Å². The van der Waals surface area contributed by atoms with Crippen LogP contribution in [0.2, 0.25) is 0 Å². The van der Waals surface area contributed by atoms with Gasteiger partial charge in [-0.25, -0.2) is 4.98 Å². The Morgan fingerprint density at radius 1 is 1.19 bits per heavy atom. The third-order valence-corrected chi connectivity index (χ3v) is 4.26. The number of hydrogen-bond donors (Lipinski definition) is 2. The summed E-state index contributed by atoms with van der Waals surface area (Å²) in [7, 11) is 0. The molecule has 0 bridgehead atoms. The molecule has 2 atom stereocenters. The smallest absolute Gasteiger partial charge is 0.226 e. The number of aliphatic hydroxyl groups excluding tert-OH is 1. The SMILES string of the molecule is OCC1CCCCC1NCc1coc(-c2ccccc2)n1. The molecule has 0 amide bonds. The first-order valence-electron chi connectivity index (χ1n) is 7.71. The van der Waals surface area contributed by atoms with E-state index in [0.29, 0.717) is 24.4 Å². The van der Waals surface area contributed by atoms with E-state index in [2.05, 4.69) is 10.3 Å². The highest BCUT2D eigenvalue weighted by molar-refractivity contribution is 5.52. The summed E-state index contributed by atoms with van der Waals surface area (Å²) in [4.78, 5) is 4.52. The van der Waals surface area contributed by atoms with Crippen LogP contribution in [0.1, 0.15) is 31.4 Å². The van der Waals surface area contributed by atoms with Crippen LogP contribution in [-0.2, 0) is 6.54 Å². The first-order chi connectivity index (χ1) is 10.4. The van der Waals surface area contributed by atoms with Gasteiger partial charge in [-0.05, 0) is 30.9 Å². The molecule has 112 valence electrons. The van der Waals surface area contributed by atoms with Crippen molar-refractivity contribution in [2.75, 3.05) is 6.61 Å². The molecule has 1 aromatic heterocycles. The quantitative estimate of drug-likeness (QED) is 0.887. The predicted octanol–water partition coefficient (Wildman–Crippen LogP) is 2.98. The van der Waals surface area contributed by atoms with E-state index in [-0.39, 0.29) is 6.61 Å². The topological polar surface area (TPSA) is 58.3 Å². The van der Waals surface area contributed by atoms with E-state index in [1.54, 1.807) is 6.26 Å². The molecule has 21 heavy (non-hydrogen) atoms. The van der Waals surface area contributed by atoms with Crippen LogP contribution < -0.4 is 5.32 Å². The van der Waals surface area contributed by atoms with Gasteiger partial charge in [-0.15, -0.1) is 0 Å². The van der Waals surface area contributed by atoms with Crippen molar-refractivity contribution in [1.82, 2.24) is 10.3 Å². The summed E-state index contributed by atoms with van der Waals surface area (Å²) in [6, 6.07) is 10.3. The Bertz CT molecular complexity index is 553. The van der Waals surface area contributed by atoms with E-state index in [4.69, 9.17) is 4.42 Å². The minimum Gasteiger partial charge on any atom is -0.444 e. The molecule has 2 N–H and O–H groups in total. The first-order valence-corrected chi connectivity index (χ1v) is 7.71. The van der Waals surface area contributed by atoms with Crippen LogP contribution in [0.5, 0.6) is 0 Å². The van der Waals surface area contributed by atoms with Gasteiger partial charge in [-0.1, -0.05) is 31.0 Å². The molecular weight excluding hydrogens is 264 g/mol. The summed E-state index contributed by atoms with van der Waals surface area (Å²) in [6.45, 7) is 0.962. The first kappa shape index (κ1) is 14.3. The molecule has 1 fully saturated rings. The van der Waals surface area contributed by atoms with E-state index < -0.39 is 0 Å². The van der Waals surface area contributed by atoms with Crippen LogP contribution >= 0.6 is 0 Å². The fraction of sp³-hybridized carbons (Fsp3) is 0.471. The minimum atomic E-state index is 0.270. The van der Waals surface area contributed by atoms with Gasteiger partial charge in [0.1, 0.15) is 6.26 Å². The van der Waals surface area contributed by atoms with Gasteiger partial charge in [-0.3, -0.25) is 0 Å². The third kappa shape index (κ3) is 3.52. The van der Waals surface area contributed by atoms with Gasteiger partial charge in [0.05, 0.1) is 5.69 Å². The molecular formula is C17H22N2O2. The predicted molar refractivity (Wildman–Crippen MR) is 81.6 cm³/mol. The normalized spacial score (nSPS) is 22.3. The maximum absolute atomic E-state index is 9.44. The van der Waals surface area contributed by atoms with Crippen molar-refractivity contribution in [3.05, 3.63) is 42.3 Å². The van der Waals surface area contributed by atoms with Crippen LogP contribution in [0.15, 0.2) is 41.0 Å². The number of hydrogen-bond acceptors (Lipinski definition) is 4. The molecule has 1 heterocycles. The number of benzene rings is 1. The molecule has 2 unspecified atom stereocenters. The lowest BCUT2D eigenvalue weighted by molar-refractivity contribution is 0.152. The average Bonchev–Trinajstić information content (AvgIpc) is 3.03. The monoisotopic (exact) mass is 286 g/mol. The highest BCUT2D eigenvalue weighted by Gasteiger charge is 2.24. The third-order valence-electron chi connectivity index (χ3n) is 4.26. The minimum absolute atomic E-state index is 0.270. The zero-order valence-corrected chi connectivity index (χ0v) is 12.2. The molecule has 3 rings (SSSR count). The van der Waals surface area contributed by atoms with Gasteiger partial charge < -0.3 is 14.8 Å². The summed E-state index contributed by atoms with van der Waals surface area (Å²) in [6.07, 6.45) is 6.43. The van der Waals surface area contributed by atoms with Gasteiger partial charge >= 0.3 is 0 Å². The molecule has 1 aliphatic carbocycles. The van der Waals surface area contributed by atoms with Gasteiger partial charge in [0.25, 0.3) is 0 Å². The maximum Gasteiger partial charge on any atom is 0.226 e. The van der Waals surface area contributed by atoms with Crippen molar-refractivity contribution < 1.29 is 9.52 Å². The van der Waals surface area contributed by atoms with Crippen molar-refractivity contribution in [1.29, 1.82) is 0 Å². The second-order valence-electron chi connectivity index (χ2n) is 5.72. The number of nitrogens with one attached hydrogen (secondary N) is 1. The van der Waals surface area contributed by atoms with Crippen LogP contribution in [0.4, 0.5) is 0 Å². The number of aliphatic hydroxyl groups is 1. The lowest BCUT2D eigenvalue weighted by atomic mass is 9.85. The van der Waals surface area contributed by atoms with Crippen LogP contribution in [-0.4, -0.2) is 22.7 Å². The van der Waals surface area contributed by atoms with E-state index in [9.17, 15) is 5.11 Å². The molecule has 0 spiro atoms. The molecule has 1 aliphatic rings. The molecule has 1 saturated carbocycles. The van der Waals surface area contributed by atoms with Gasteiger partial charge in [0, 0.05) is 24.8 Å². The van der Waals surface area contributed by atoms with E-state index in [0.717, 1.165) is 24.1 Å². The summed E-state index contributed by atoms with van der Waals surface area (Å²) >= 11 is 0. The van der Waals surface area contributed by atoms with Gasteiger partial charge in [0.2, 0.25) is 5.89 Å². The standard InChI is InChI=1S/C17H22N2O2/c20-11-14-8-4-5-9-16(14)18-10-15-12-21-17(19-15)13-6-2-1-3-7-13/h1-3,6-7,12,14,16,18,20H,4-5,8-11H2. The molecule has 0 radical (unpaired) electrons. The molecule has 0 aliphatic heterocycles. The lowest BCUT2D eigenvalue weighted by Crippen LogP contribution is -2.39. The highest BCUT2D eigenvalue weighted by atomic mass is 16.3.